The van der Waals surface area contributed by atoms with Crippen LogP contribution >= 0.6 is 11.6 Å². The fourth-order valence-corrected chi connectivity index (χ4v) is 4.26. The van der Waals surface area contributed by atoms with Crippen molar-refractivity contribution < 1.29 is 9.53 Å². The first-order valence-corrected chi connectivity index (χ1v) is 11.6. The topological polar surface area (TPSA) is 56.2 Å². The van der Waals surface area contributed by atoms with Crippen molar-refractivity contribution >= 4 is 39.3 Å². The molecule has 170 valence electrons. The zero-order valence-corrected chi connectivity index (χ0v) is 19.3. The number of hydrogen-bond acceptors (Lipinski definition) is 3. The minimum atomic E-state index is -0.180. The van der Waals surface area contributed by atoms with Crippen molar-refractivity contribution in [3.63, 3.8) is 0 Å². The van der Waals surface area contributed by atoms with Gasteiger partial charge in [-0.05, 0) is 59.7 Å². The molecule has 0 saturated heterocycles. The lowest BCUT2D eigenvalue weighted by molar-refractivity contribution is 0.0949. The van der Waals surface area contributed by atoms with Crippen LogP contribution in [0.15, 0.2) is 91.0 Å². The highest BCUT2D eigenvalue weighted by molar-refractivity contribution is 6.30. The fourth-order valence-electron chi connectivity index (χ4n) is 4.07. The molecule has 0 unspecified atom stereocenters. The first-order valence-electron chi connectivity index (χ1n) is 11.3. The molecule has 5 nitrogen and oxygen atoms in total. The number of hydrogen-bond donors (Lipinski definition) is 1. The average molecular weight is 470 g/mol. The van der Waals surface area contributed by atoms with Crippen molar-refractivity contribution in [3.05, 3.63) is 107 Å². The molecule has 0 aliphatic rings. The predicted molar refractivity (Wildman–Crippen MR) is 136 cm³/mol. The monoisotopic (exact) mass is 469 g/mol. The first kappa shape index (κ1) is 22.0. The van der Waals surface area contributed by atoms with E-state index in [4.69, 9.17) is 21.3 Å². The third-order valence-electron chi connectivity index (χ3n) is 5.74. The molecule has 1 N–H and O–H groups in total. The standard InChI is InChI=1S/C28H24ClN3O2/c29-23-10-5-9-22(17-23)28(33)30-19-27-31-25-11-3-4-12-26(25)32(27)15-6-16-34-24-14-13-20-7-1-2-8-21(20)18-24/h1-5,7-14,17-18H,6,15-16,19H2,(H,30,33). The van der Waals surface area contributed by atoms with Gasteiger partial charge >= 0.3 is 0 Å². The Morgan fingerprint density at radius 1 is 0.912 bits per heavy atom. The van der Waals surface area contributed by atoms with Crippen LogP contribution in [-0.4, -0.2) is 22.1 Å². The summed E-state index contributed by atoms with van der Waals surface area (Å²) in [5, 5.41) is 5.86. The molecule has 0 radical (unpaired) electrons. The average Bonchev–Trinajstić information content (AvgIpc) is 3.22. The van der Waals surface area contributed by atoms with Crippen LogP contribution in [0.4, 0.5) is 0 Å². The van der Waals surface area contributed by atoms with Gasteiger partial charge in [-0.3, -0.25) is 4.79 Å². The summed E-state index contributed by atoms with van der Waals surface area (Å²) in [4.78, 5) is 17.3. The van der Waals surface area contributed by atoms with Crippen LogP contribution in [0.5, 0.6) is 5.75 Å². The Kier molecular flexibility index (Phi) is 6.45. The highest BCUT2D eigenvalue weighted by atomic mass is 35.5. The molecule has 0 aliphatic heterocycles. The molecule has 0 saturated carbocycles. The number of rotatable bonds is 8. The molecule has 0 aliphatic carbocycles. The van der Waals surface area contributed by atoms with Crippen LogP contribution in [0.2, 0.25) is 5.02 Å². The molecule has 0 spiro atoms. The number of amides is 1. The Morgan fingerprint density at radius 2 is 1.74 bits per heavy atom. The minimum Gasteiger partial charge on any atom is -0.494 e. The smallest absolute Gasteiger partial charge is 0.251 e. The van der Waals surface area contributed by atoms with Crippen molar-refractivity contribution in [3.8, 4) is 5.75 Å². The molecular weight excluding hydrogens is 446 g/mol. The number of carbonyl (C=O) groups is 1. The van der Waals surface area contributed by atoms with Gasteiger partial charge in [-0.15, -0.1) is 0 Å². The Labute approximate surface area is 203 Å². The highest BCUT2D eigenvalue weighted by Gasteiger charge is 2.13. The van der Waals surface area contributed by atoms with Gasteiger partial charge in [0.2, 0.25) is 0 Å². The van der Waals surface area contributed by atoms with Gasteiger partial charge < -0.3 is 14.6 Å². The van der Waals surface area contributed by atoms with Gasteiger partial charge in [0.15, 0.2) is 0 Å². The van der Waals surface area contributed by atoms with E-state index >= 15 is 0 Å². The lowest BCUT2D eigenvalue weighted by Crippen LogP contribution is -2.25. The second-order valence-electron chi connectivity index (χ2n) is 8.07. The van der Waals surface area contributed by atoms with Gasteiger partial charge in [0, 0.05) is 17.1 Å². The summed E-state index contributed by atoms with van der Waals surface area (Å²) in [5.74, 6) is 1.49. The SMILES string of the molecule is O=C(NCc1nc2ccccc2n1CCCOc1ccc2ccccc2c1)c1cccc(Cl)c1. The van der Waals surface area contributed by atoms with Crippen LogP contribution in [0, 0.1) is 0 Å². The number of nitrogens with zero attached hydrogens (tertiary/aromatic N) is 2. The third kappa shape index (κ3) is 4.90. The lowest BCUT2D eigenvalue weighted by Gasteiger charge is -2.12. The zero-order valence-electron chi connectivity index (χ0n) is 18.6. The number of fused-ring (bicyclic) bond motifs is 2. The normalized spacial score (nSPS) is 11.1. The molecule has 34 heavy (non-hydrogen) atoms. The fraction of sp³-hybridized carbons (Fsp3) is 0.143. The number of ether oxygens (including phenoxy) is 1. The van der Waals surface area contributed by atoms with Gasteiger partial charge in [0.05, 0.1) is 24.2 Å². The van der Waals surface area contributed by atoms with Crippen LogP contribution in [0.25, 0.3) is 21.8 Å². The highest BCUT2D eigenvalue weighted by Crippen LogP contribution is 2.21. The molecular formula is C28H24ClN3O2. The van der Waals surface area contributed by atoms with E-state index in [1.807, 2.05) is 36.4 Å². The molecule has 5 rings (SSSR count). The summed E-state index contributed by atoms with van der Waals surface area (Å²) in [6.45, 7) is 1.64. The van der Waals surface area contributed by atoms with Crippen molar-refractivity contribution in [1.29, 1.82) is 0 Å². The molecule has 1 heterocycles. The van der Waals surface area contributed by atoms with Crippen molar-refractivity contribution in [1.82, 2.24) is 14.9 Å². The van der Waals surface area contributed by atoms with Gasteiger partial charge in [0.1, 0.15) is 11.6 Å². The van der Waals surface area contributed by atoms with E-state index in [0.29, 0.717) is 23.7 Å². The molecule has 5 aromatic rings. The number of halogens is 1. The number of aromatic nitrogens is 2. The van der Waals surface area contributed by atoms with Crippen LogP contribution in [0.1, 0.15) is 22.6 Å². The summed E-state index contributed by atoms with van der Waals surface area (Å²) >= 11 is 6.02. The number of aryl methyl sites for hydroxylation is 1. The number of nitrogens with one attached hydrogen (secondary N) is 1. The summed E-state index contributed by atoms with van der Waals surface area (Å²) in [7, 11) is 0. The molecule has 1 aromatic heterocycles. The van der Waals surface area contributed by atoms with Crippen LogP contribution in [0.3, 0.4) is 0 Å². The zero-order chi connectivity index (χ0) is 23.3. The van der Waals surface area contributed by atoms with Gasteiger partial charge in [-0.1, -0.05) is 60.1 Å². The van der Waals surface area contributed by atoms with E-state index < -0.39 is 0 Å². The number of benzene rings is 4. The first-order chi connectivity index (χ1) is 16.7. The van der Waals surface area contributed by atoms with Crippen molar-refractivity contribution in [2.75, 3.05) is 6.61 Å². The van der Waals surface area contributed by atoms with Crippen molar-refractivity contribution in [2.24, 2.45) is 0 Å². The Morgan fingerprint density at radius 3 is 2.62 bits per heavy atom. The lowest BCUT2D eigenvalue weighted by atomic mass is 10.1. The Bertz CT molecular complexity index is 1460. The maximum absolute atomic E-state index is 12.6. The van der Waals surface area contributed by atoms with E-state index in [1.54, 1.807) is 24.3 Å². The van der Waals surface area contributed by atoms with Gasteiger partial charge in [0.25, 0.3) is 5.91 Å². The molecule has 4 aromatic carbocycles. The summed E-state index contributed by atoms with van der Waals surface area (Å²) in [6.07, 6.45) is 0.808. The minimum absolute atomic E-state index is 0.180. The van der Waals surface area contributed by atoms with E-state index in [-0.39, 0.29) is 5.91 Å². The summed E-state index contributed by atoms with van der Waals surface area (Å²) < 4.78 is 8.17. The molecule has 0 atom stereocenters. The number of carbonyl (C=O) groups excluding carboxylic acids is 1. The van der Waals surface area contributed by atoms with Crippen LogP contribution < -0.4 is 10.1 Å². The maximum Gasteiger partial charge on any atom is 0.251 e. The third-order valence-corrected chi connectivity index (χ3v) is 5.98. The van der Waals surface area contributed by atoms with Crippen LogP contribution in [-0.2, 0) is 13.1 Å². The largest absolute Gasteiger partial charge is 0.494 e. The Hall–Kier alpha value is -3.83. The molecule has 1 amide bonds. The molecule has 0 fully saturated rings. The maximum atomic E-state index is 12.6. The van der Waals surface area contributed by atoms with E-state index in [0.717, 1.165) is 35.6 Å². The summed E-state index contributed by atoms with van der Waals surface area (Å²) in [6, 6.07) is 29.3. The van der Waals surface area contributed by atoms with E-state index in [2.05, 4.69) is 40.2 Å². The van der Waals surface area contributed by atoms with E-state index in [1.165, 1.54) is 10.8 Å². The quantitative estimate of drug-likeness (QED) is 0.273. The van der Waals surface area contributed by atoms with Gasteiger partial charge in [-0.2, -0.15) is 0 Å². The van der Waals surface area contributed by atoms with E-state index in [9.17, 15) is 4.79 Å². The Balaban J connectivity index is 1.25. The van der Waals surface area contributed by atoms with Gasteiger partial charge in [-0.25, -0.2) is 4.98 Å². The second-order valence-corrected chi connectivity index (χ2v) is 8.51. The predicted octanol–water partition coefficient (Wildman–Crippen LogP) is 6.24. The second kappa shape index (κ2) is 9.98. The molecule has 0 bridgehead atoms. The summed E-state index contributed by atoms with van der Waals surface area (Å²) in [5.41, 5.74) is 2.48. The number of para-hydroxylation sites is 2. The molecule has 6 heteroatoms. The van der Waals surface area contributed by atoms with Crippen molar-refractivity contribution in [2.45, 2.75) is 19.5 Å². The number of imidazole rings is 1.